The number of esters is 2. The van der Waals surface area contributed by atoms with Crippen molar-refractivity contribution in [3.63, 3.8) is 0 Å². The van der Waals surface area contributed by atoms with Crippen LogP contribution in [0, 0.1) is 10.8 Å². The molecule has 9 heterocycles. The predicted octanol–water partition coefficient (Wildman–Crippen LogP) is 10.0. The Morgan fingerprint density at radius 1 is 0.680 bits per heavy atom. The van der Waals surface area contributed by atoms with Crippen LogP contribution < -0.4 is 5.46 Å². The van der Waals surface area contributed by atoms with E-state index in [0.29, 0.717) is 34.8 Å². The van der Waals surface area contributed by atoms with Gasteiger partial charge in [-0.05, 0) is 115 Å². The van der Waals surface area contributed by atoms with Crippen molar-refractivity contribution in [2.45, 2.75) is 141 Å². The largest absolute Gasteiger partial charge is 0.498 e. The highest BCUT2D eigenvalue weighted by molar-refractivity contribution is 6.62. The maximum atomic E-state index is 12.0. The number of H-pyrrole nitrogens is 1. The molecule has 404 valence electrons. The zero-order valence-electron chi connectivity index (χ0n) is 44.5. The molecule has 2 atom stereocenters. The second-order valence-corrected chi connectivity index (χ2v) is 20.8. The van der Waals surface area contributed by atoms with Crippen molar-refractivity contribution in [1.82, 2.24) is 63.6 Å². The van der Waals surface area contributed by atoms with E-state index in [0.717, 1.165) is 38.5 Å². The first-order valence-corrected chi connectivity index (χ1v) is 24.8. The van der Waals surface area contributed by atoms with E-state index >= 15 is 0 Å². The first-order valence-electron chi connectivity index (χ1n) is 24.1. The van der Waals surface area contributed by atoms with Crippen LogP contribution in [0.25, 0.3) is 44.4 Å². The standard InChI is InChI=1S/C19H25N5O3.C13H23BN2O3.C12H14ClN3O2.C6H4ClN3.CH4/c1-6-26-13(2)24-10-14(9-22-24)16-15-7-8-23(17(15)21-11-20-16)12-27-18(25)19(3,4)5;1-7-17-10(2)16-9-11(8-15-16)14-18-12(3,4)13(5,6)19-14;1-12(2,3)11(17)18-7-16-5-4-8-9(13)14-6-15-10(8)16;7-5-4-1-2-8-6(4)10-3-9-5;/h7-11,13H,6,12H2,1-5H3;8-10H,7H2,1-6H3;4-6H,7H2,1-3H3;1-3H,(H,8,9,10);1H4. The van der Waals surface area contributed by atoms with E-state index in [2.05, 4.69) is 45.1 Å². The predicted molar refractivity (Wildman–Crippen MR) is 289 cm³/mol. The quantitative estimate of drug-likeness (QED) is 0.0682. The number of rotatable bonds is 12. The molecule has 8 aromatic rings. The molecule has 0 spiro atoms. The fraction of sp³-hybridized carbons (Fsp3) is 0.490. The van der Waals surface area contributed by atoms with Crippen LogP contribution in [0.15, 0.2) is 80.6 Å². The Morgan fingerprint density at radius 2 is 1.16 bits per heavy atom. The minimum absolute atomic E-state index is 0. The summed E-state index contributed by atoms with van der Waals surface area (Å²) in [5.74, 6) is -0.519. The Hall–Kier alpha value is -6.30. The van der Waals surface area contributed by atoms with Gasteiger partial charge in [-0.15, -0.1) is 0 Å². The van der Waals surface area contributed by atoms with Crippen LogP contribution in [0.5, 0.6) is 0 Å². The summed E-state index contributed by atoms with van der Waals surface area (Å²) in [5, 5.41) is 12.0. The first kappa shape index (κ1) is 59.6. The highest BCUT2D eigenvalue weighted by atomic mass is 35.5. The second-order valence-electron chi connectivity index (χ2n) is 20.1. The molecular formula is C51H70BCl2N13O8. The Labute approximate surface area is 448 Å². The van der Waals surface area contributed by atoms with Gasteiger partial charge in [0.05, 0.1) is 44.7 Å². The third kappa shape index (κ3) is 14.8. The topological polar surface area (TPSA) is 228 Å². The van der Waals surface area contributed by atoms with Crippen LogP contribution in [0.1, 0.15) is 117 Å². The number of hydrogen-bond acceptors (Lipinski definition) is 16. The van der Waals surface area contributed by atoms with E-state index in [1.165, 1.54) is 19.0 Å². The van der Waals surface area contributed by atoms with E-state index in [-0.39, 0.29) is 63.6 Å². The van der Waals surface area contributed by atoms with Gasteiger partial charge < -0.3 is 33.2 Å². The fourth-order valence-electron chi connectivity index (χ4n) is 6.89. The Bertz CT molecular complexity index is 3120. The summed E-state index contributed by atoms with van der Waals surface area (Å²) in [4.78, 5) is 51.1. The third-order valence-corrected chi connectivity index (χ3v) is 12.4. The number of aromatic nitrogens is 13. The summed E-state index contributed by atoms with van der Waals surface area (Å²) >= 11 is 11.7. The summed E-state index contributed by atoms with van der Waals surface area (Å²) in [5.41, 5.74) is 2.98. The Kier molecular flexibility index (Phi) is 19.9. The molecule has 1 N–H and O–H groups in total. The molecule has 0 amide bonds. The number of carbonyl (C=O) groups excluding carboxylic acids is 2. The van der Waals surface area contributed by atoms with E-state index < -0.39 is 10.8 Å². The molecule has 75 heavy (non-hydrogen) atoms. The molecule has 24 heteroatoms. The minimum atomic E-state index is -0.547. The van der Waals surface area contributed by atoms with Crippen molar-refractivity contribution in [2.75, 3.05) is 13.2 Å². The number of nitrogens with zero attached hydrogens (tertiary/aromatic N) is 12. The molecule has 1 saturated heterocycles. The molecule has 2 unspecified atom stereocenters. The number of halogens is 2. The van der Waals surface area contributed by atoms with Gasteiger partial charge in [0.25, 0.3) is 0 Å². The van der Waals surface area contributed by atoms with E-state index in [4.69, 9.17) is 51.5 Å². The van der Waals surface area contributed by atoms with Gasteiger partial charge in [0.15, 0.2) is 13.5 Å². The lowest BCUT2D eigenvalue weighted by Gasteiger charge is -2.32. The number of fused-ring (bicyclic) bond motifs is 3. The van der Waals surface area contributed by atoms with Crippen molar-refractivity contribution in [1.29, 1.82) is 0 Å². The number of aromatic amines is 1. The van der Waals surface area contributed by atoms with Gasteiger partial charge in [0.2, 0.25) is 0 Å². The maximum absolute atomic E-state index is 12.0. The van der Waals surface area contributed by atoms with E-state index in [9.17, 15) is 9.59 Å². The fourth-order valence-corrected chi connectivity index (χ4v) is 7.28. The lowest BCUT2D eigenvalue weighted by atomic mass is 9.82. The number of carbonyl (C=O) groups is 2. The molecule has 1 aliphatic rings. The Morgan fingerprint density at radius 3 is 1.69 bits per heavy atom. The van der Waals surface area contributed by atoms with Gasteiger partial charge >= 0.3 is 19.1 Å². The molecule has 1 fully saturated rings. The zero-order chi connectivity index (χ0) is 54.2. The van der Waals surface area contributed by atoms with Gasteiger partial charge in [0.1, 0.15) is 58.7 Å². The highest BCUT2D eigenvalue weighted by Crippen LogP contribution is 2.36. The van der Waals surface area contributed by atoms with Gasteiger partial charge in [-0.2, -0.15) is 10.2 Å². The number of nitrogens with one attached hydrogen (secondary N) is 1. The van der Waals surface area contributed by atoms with Crippen molar-refractivity contribution in [3.05, 3.63) is 90.9 Å². The third-order valence-electron chi connectivity index (χ3n) is 11.8. The maximum Gasteiger partial charge on any atom is 0.498 e. The minimum Gasteiger partial charge on any atom is -0.443 e. The average Bonchev–Trinajstić information content (AvgIpc) is 4.21. The molecule has 0 aromatic carbocycles. The van der Waals surface area contributed by atoms with Crippen molar-refractivity contribution in [2.24, 2.45) is 10.8 Å². The van der Waals surface area contributed by atoms with Gasteiger partial charge in [-0.3, -0.25) is 18.7 Å². The SMILES string of the molecule is C.CC(C)(C)C(=O)OCn1ccc2c(Cl)ncnc21.CCOC(C)n1cc(-c2ncnc3c2ccn3COC(=O)C(C)(C)C)cn1.CCOC(C)n1cc(B2OC(C)(C)C(C)(C)O2)cn1.Clc1ncnc2[nH]ccc12. The second kappa shape index (κ2) is 25.0. The van der Waals surface area contributed by atoms with Crippen LogP contribution in [0.2, 0.25) is 10.3 Å². The monoisotopic (exact) mass is 1070 g/mol. The lowest BCUT2D eigenvalue weighted by molar-refractivity contribution is -0.157. The summed E-state index contributed by atoms with van der Waals surface area (Å²) in [6, 6.07) is 5.55. The lowest BCUT2D eigenvalue weighted by Crippen LogP contribution is -2.41. The molecule has 9 rings (SSSR count). The molecule has 0 saturated carbocycles. The van der Waals surface area contributed by atoms with Crippen LogP contribution in [0.4, 0.5) is 0 Å². The normalized spacial score (nSPS) is 14.7. The molecule has 0 bridgehead atoms. The summed E-state index contributed by atoms with van der Waals surface area (Å²) in [7, 11) is -0.368. The van der Waals surface area contributed by atoms with Gasteiger partial charge in [-0.25, -0.2) is 39.3 Å². The molecule has 21 nitrogen and oxygen atoms in total. The molecule has 0 aliphatic carbocycles. The van der Waals surface area contributed by atoms with Gasteiger partial charge in [-0.1, -0.05) is 30.6 Å². The van der Waals surface area contributed by atoms with Crippen LogP contribution in [-0.4, -0.2) is 107 Å². The smallest absolute Gasteiger partial charge is 0.443 e. The van der Waals surface area contributed by atoms with Crippen LogP contribution in [0.3, 0.4) is 0 Å². The summed E-state index contributed by atoms with van der Waals surface area (Å²) < 4.78 is 40.7. The van der Waals surface area contributed by atoms with Crippen molar-refractivity contribution >= 4 is 80.8 Å². The Balaban J connectivity index is 0.000000193. The molecule has 1 aliphatic heterocycles. The van der Waals surface area contributed by atoms with Crippen molar-refractivity contribution in [3.8, 4) is 11.3 Å². The average molecular weight is 1070 g/mol. The number of hydrogen-bond donors (Lipinski definition) is 1. The molecule has 8 aromatic heterocycles. The van der Waals surface area contributed by atoms with Crippen molar-refractivity contribution < 1.29 is 37.8 Å². The first-order chi connectivity index (χ1) is 34.8. The summed E-state index contributed by atoms with van der Waals surface area (Å²) in [6.45, 7) is 28.4. The van der Waals surface area contributed by atoms with Crippen LogP contribution >= 0.6 is 23.2 Å². The van der Waals surface area contributed by atoms with Crippen LogP contribution in [-0.2, 0) is 51.3 Å². The zero-order valence-corrected chi connectivity index (χ0v) is 46.0. The van der Waals surface area contributed by atoms with Gasteiger partial charge in [0, 0.05) is 66.8 Å². The molecular weight excluding hydrogens is 1000 g/mol. The summed E-state index contributed by atoms with van der Waals surface area (Å²) in [6.07, 6.45) is 16.8. The molecule has 0 radical (unpaired) electrons. The van der Waals surface area contributed by atoms with E-state index in [1.54, 1.807) is 49.4 Å². The van der Waals surface area contributed by atoms with E-state index in [1.807, 2.05) is 128 Å². The highest BCUT2D eigenvalue weighted by Gasteiger charge is 2.52. The number of ether oxygens (including phenoxy) is 4.